The van der Waals surface area contributed by atoms with Crippen LogP contribution in [0.4, 0.5) is 51.2 Å². The molecule has 3 fully saturated rings. The molecule has 9 aromatic rings. The zero-order valence-electron chi connectivity index (χ0n) is 54.1. The van der Waals surface area contributed by atoms with Gasteiger partial charge in [0, 0.05) is 73.6 Å². The minimum absolute atomic E-state index is 0.257. The minimum atomic E-state index is -0.389. The van der Waals surface area contributed by atoms with Crippen LogP contribution >= 0.6 is 79.6 Å². The number of unbranched alkanes of at least 4 members (excludes halogenated alkanes) is 1. The monoisotopic (exact) mass is 1550 g/mol. The van der Waals surface area contributed by atoms with E-state index < -0.39 is 0 Å². The quantitative estimate of drug-likeness (QED) is 0.0782. The first-order chi connectivity index (χ1) is 43.9. The summed E-state index contributed by atoms with van der Waals surface area (Å²) in [4.78, 5) is 6.80. The Morgan fingerprint density at radius 1 is 0.359 bits per heavy atom. The number of rotatable bonds is 18. The molecule has 0 unspecified atom stereocenters. The first kappa shape index (κ1) is 69.3. The van der Waals surface area contributed by atoms with E-state index in [0.717, 1.165) is 123 Å². The van der Waals surface area contributed by atoms with Gasteiger partial charge >= 0.3 is 14.2 Å². The number of ether oxygens (including phenoxy) is 2. The van der Waals surface area contributed by atoms with Crippen molar-refractivity contribution < 1.29 is 28.1 Å². The zero-order valence-corrected chi connectivity index (χ0v) is 62.0. The van der Waals surface area contributed by atoms with Crippen LogP contribution in [0.1, 0.15) is 94.1 Å². The number of hydrogen-bond acceptors (Lipinski definition) is 9. The Morgan fingerprint density at radius 2 is 0.609 bits per heavy atom. The SMILES string of the molecule is Brc1ccc(N(c2ccc(Br)cc2)c2ccc(N(c3ccc(Br)cc3)c3ccc(Br)cc3)cc2)cc1.CCC1(COc2ccc(Br)cc2)COC1.CCCCc1ccc(N(c2ccc(B3OC(C)(C)C(C)(C)O3)cc2)c2ccc(B3OC(C)(C)C(C)(C)O3)cc2)cc1. The molecule has 0 amide bonds. The third kappa shape index (κ3) is 16.8. The molecular formula is C76H80B2Br5N3O6. The lowest BCUT2D eigenvalue weighted by atomic mass is 9.79. The van der Waals surface area contributed by atoms with Crippen LogP contribution in [0.3, 0.4) is 0 Å². The summed E-state index contributed by atoms with van der Waals surface area (Å²) in [6, 6.07) is 76.1. The highest BCUT2D eigenvalue weighted by molar-refractivity contribution is 9.11. The third-order valence-electron chi connectivity index (χ3n) is 18.0. The molecule has 0 spiro atoms. The molecule has 3 saturated heterocycles. The van der Waals surface area contributed by atoms with Crippen molar-refractivity contribution in [2.24, 2.45) is 5.41 Å². The van der Waals surface area contributed by atoms with Crippen molar-refractivity contribution in [2.45, 2.75) is 117 Å². The van der Waals surface area contributed by atoms with Gasteiger partial charge < -0.3 is 42.8 Å². The highest BCUT2D eigenvalue weighted by Crippen LogP contribution is 2.43. The summed E-state index contributed by atoms with van der Waals surface area (Å²) < 4.78 is 41.5. The highest BCUT2D eigenvalue weighted by Gasteiger charge is 2.53. The van der Waals surface area contributed by atoms with Crippen molar-refractivity contribution in [3.63, 3.8) is 0 Å². The number of aryl methyl sites for hydroxylation is 1. The summed E-state index contributed by atoms with van der Waals surface area (Å²) in [6.07, 6.45) is 4.61. The van der Waals surface area contributed by atoms with E-state index in [1.54, 1.807) is 0 Å². The van der Waals surface area contributed by atoms with Gasteiger partial charge in [-0.1, -0.05) is 136 Å². The van der Waals surface area contributed by atoms with Gasteiger partial charge in [0.05, 0.1) is 47.6 Å². The Bertz CT molecular complexity index is 3500. The summed E-state index contributed by atoms with van der Waals surface area (Å²) >= 11 is 17.6. The van der Waals surface area contributed by atoms with E-state index in [4.69, 9.17) is 28.1 Å². The molecule has 3 aliphatic rings. The first-order valence-corrected chi connectivity index (χ1v) is 35.4. The Hall–Kier alpha value is -5.49. The van der Waals surface area contributed by atoms with E-state index in [1.165, 1.54) is 18.4 Å². The lowest BCUT2D eigenvalue weighted by Gasteiger charge is -2.40. The molecule has 9 aromatic carbocycles. The Labute approximate surface area is 588 Å². The molecule has 0 aromatic heterocycles. The van der Waals surface area contributed by atoms with Crippen LogP contribution in [0.2, 0.25) is 0 Å². The lowest BCUT2D eigenvalue weighted by Crippen LogP contribution is -2.46. The maximum atomic E-state index is 6.30. The normalized spacial score (nSPS) is 16.3. The zero-order chi connectivity index (χ0) is 65.4. The molecule has 3 aliphatic heterocycles. The summed E-state index contributed by atoms with van der Waals surface area (Å²) in [7, 11) is -0.779. The molecule has 92 heavy (non-hydrogen) atoms. The molecule has 0 atom stereocenters. The maximum absolute atomic E-state index is 6.30. The van der Waals surface area contributed by atoms with Crippen LogP contribution in [0.5, 0.6) is 5.75 Å². The van der Waals surface area contributed by atoms with Crippen LogP contribution in [0.25, 0.3) is 0 Å². The molecule has 3 heterocycles. The second-order valence-corrected chi connectivity index (χ2v) is 30.2. The number of halogens is 5. The molecule has 0 saturated carbocycles. The second-order valence-electron chi connectivity index (χ2n) is 25.6. The van der Waals surface area contributed by atoms with E-state index >= 15 is 0 Å². The van der Waals surface area contributed by atoms with Gasteiger partial charge in [0.2, 0.25) is 0 Å². The van der Waals surface area contributed by atoms with Gasteiger partial charge in [-0.2, -0.15) is 0 Å². The third-order valence-corrected chi connectivity index (χ3v) is 20.6. The smallest absolute Gasteiger partial charge is 0.493 e. The minimum Gasteiger partial charge on any atom is -0.493 e. The number of nitrogens with zero attached hydrogens (tertiary/aromatic N) is 3. The standard InChI is InChI=1S/C34H45B2NO4.C30H20Br4N2.C12H15BrO2/c1-10-11-12-25-13-19-28(20-14-25)37(29-21-15-26(16-22-29)35-38-31(2,3)32(4,5)39-35)30-23-17-27(18-24-30)36-40-33(6,7)34(8,9)41-36;31-21-1-9-25(10-2-21)35(26-11-3-22(32)4-12-26)29-17-19-30(20-18-29)36(27-13-5-23(33)6-14-27)28-15-7-24(34)8-16-28;1-2-12(7-14-8-12)9-15-11-5-3-10(13)4-6-11/h13-24H,10-12H2,1-9H3;1-20H;3-6H,2,7-9H2,1H3. The van der Waals surface area contributed by atoms with Crippen LogP contribution in [-0.2, 0) is 29.8 Å². The molecule has 0 N–H and O–H groups in total. The average molecular weight is 1550 g/mol. The van der Waals surface area contributed by atoms with Crippen molar-refractivity contribution in [3.8, 4) is 5.75 Å². The van der Waals surface area contributed by atoms with E-state index in [1.807, 2.05) is 24.3 Å². The van der Waals surface area contributed by atoms with Crippen LogP contribution in [-0.4, -0.2) is 56.5 Å². The Morgan fingerprint density at radius 3 is 0.859 bits per heavy atom. The lowest BCUT2D eigenvalue weighted by molar-refractivity contribution is -0.133. The van der Waals surface area contributed by atoms with Crippen molar-refractivity contribution in [3.05, 3.63) is 246 Å². The fourth-order valence-corrected chi connectivity index (χ4v) is 12.0. The largest absolute Gasteiger partial charge is 0.494 e. The van der Waals surface area contributed by atoms with Crippen LogP contribution in [0.15, 0.2) is 241 Å². The van der Waals surface area contributed by atoms with Crippen molar-refractivity contribution >= 4 is 156 Å². The second kappa shape index (κ2) is 30.1. The summed E-state index contributed by atoms with van der Waals surface area (Å²) in [5.41, 5.74) is 11.9. The molecular weight excluding hydrogens is 1470 g/mol. The number of hydrogen-bond donors (Lipinski definition) is 0. The van der Waals surface area contributed by atoms with Gasteiger partial charge in [-0.05, 0) is 273 Å². The highest BCUT2D eigenvalue weighted by atomic mass is 79.9. The van der Waals surface area contributed by atoms with Gasteiger partial charge in [0.1, 0.15) is 5.75 Å². The molecule has 16 heteroatoms. The van der Waals surface area contributed by atoms with Gasteiger partial charge in [-0.3, -0.25) is 0 Å². The van der Waals surface area contributed by atoms with E-state index in [2.05, 4.69) is 358 Å². The van der Waals surface area contributed by atoms with Gasteiger partial charge in [-0.15, -0.1) is 0 Å². The van der Waals surface area contributed by atoms with E-state index in [9.17, 15) is 0 Å². The number of benzene rings is 9. The van der Waals surface area contributed by atoms with Crippen molar-refractivity contribution in [1.29, 1.82) is 0 Å². The maximum Gasteiger partial charge on any atom is 0.494 e. The summed E-state index contributed by atoms with van der Waals surface area (Å²) in [5, 5.41) is 0. The van der Waals surface area contributed by atoms with Crippen LogP contribution in [0, 0.1) is 5.41 Å². The fraction of sp³-hybridized carbons (Fsp3) is 0.289. The van der Waals surface area contributed by atoms with Gasteiger partial charge in [-0.25, -0.2) is 0 Å². The predicted octanol–water partition coefficient (Wildman–Crippen LogP) is 22.0. The number of anilines is 9. The summed E-state index contributed by atoms with van der Waals surface area (Å²) in [6.45, 7) is 23.5. The van der Waals surface area contributed by atoms with Crippen molar-refractivity contribution in [2.75, 3.05) is 34.5 Å². The Kier molecular flexibility index (Phi) is 22.7. The Balaban J connectivity index is 0.000000166. The van der Waals surface area contributed by atoms with Gasteiger partial charge in [0.15, 0.2) is 0 Å². The molecule has 0 radical (unpaired) electrons. The molecule has 0 bridgehead atoms. The molecule has 476 valence electrons. The molecule has 9 nitrogen and oxygen atoms in total. The van der Waals surface area contributed by atoms with Crippen LogP contribution < -0.4 is 30.4 Å². The van der Waals surface area contributed by atoms with E-state index in [-0.39, 0.29) is 42.1 Å². The fourth-order valence-electron chi connectivity index (χ4n) is 10.7. The average Bonchev–Trinajstić information content (AvgIpc) is 1.59. The molecule has 0 aliphatic carbocycles. The van der Waals surface area contributed by atoms with Crippen molar-refractivity contribution in [1.82, 2.24) is 0 Å². The topological polar surface area (TPSA) is 65.1 Å². The first-order valence-electron chi connectivity index (χ1n) is 31.4. The predicted molar refractivity (Wildman–Crippen MR) is 401 cm³/mol. The van der Waals surface area contributed by atoms with E-state index in [0.29, 0.717) is 0 Å². The van der Waals surface area contributed by atoms with Gasteiger partial charge in [0.25, 0.3) is 0 Å². The summed E-state index contributed by atoms with van der Waals surface area (Å²) in [5.74, 6) is 0.929. The molecule has 12 rings (SSSR count).